The summed E-state index contributed by atoms with van der Waals surface area (Å²) in [6, 6.07) is 6.98. The van der Waals surface area contributed by atoms with Crippen molar-refractivity contribution in [2.75, 3.05) is 22.2 Å². The quantitative estimate of drug-likeness (QED) is 0.549. The molecular weight excluding hydrogens is 417 g/mol. The van der Waals surface area contributed by atoms with Gasteiger partial charge in [0.2, 0.25) is 10.0 Å². The first-order valence-corrected chi connectivity index (χ1v) is 10.7. The van der Waals surface area contributed by atoms with Crippen LogP contribution in [0.5, 0.6) is 5.75 Å². The zero-order valence-corrected chi connectivity index (χ0v) is 16.7. The second kappa shape index (κ2) is 7.58. The normalized spacial score (nSPS) is 16.9. The number of ether oxygens (including phenoxy) is 2. The third kappa shape index (κ3) is 3.57. The molecule has 2 N–H and O–H groups in total. The van der Waals surface area contributed by atoms with Crippen LogP contribution >= 0.6 is 0 Å². The Bertz CT molecular complexity index is 1170. The van der Waals surface area contributed by atoms with Crippen molar-refractivity contribution in [3.8, 4) is 5.75 Å². The minimum absolute atomic E-state index is 0.00244. The lowest BCUT2D eigenvalue weighted by molar-refractivity contribution is -0.112. The van der Waals surface area contributed by atoms with E-state index in [1.165, 1.54) is 42.2 Å². The van der Waals surface area contributed by atoms with Gasteiger partial charge in [-0.15, -0.1) is 0 Å². The number of amides is 1. The van der Waals surface area contributed by atoms with Crippen LogP contribution in [0.1, 0.15) is 23.6 Å². The third-order valence-electron chi connectivity index (χ3n) is 4.82. The summed E-state index contributed by atoms with van der Waals surface area (Å²) in [6.07, 6.45) is 0. The van der Waals surface area contributed by atoms with Gasteiger partial charge in [0.1, 0.15) is 11.6 Å². The molecule has 9 nitrogen and oxygen atoms in total. The van der Waals surface area contributed by atoms with E-state index in [2.05, 4.69) is 9.88 Å². The number of anilines is 2. The van der Waals surface area contributed by atoms with Gasteiger partial charge in [0.15, 0.2) is 12.5 Å². The Kier molecular flexibility index (Phi) is 5.08. The summed E-state index contributed by atoms with van der Waals surface area (Å²) in [5.74, 6) is -0.808. The number of hydrogen-bond acceptors (Lipinski definition) is 7. The molecule has 0 aliphatic carbocycles. The van der Waals surface area contributed by atoms with Crippen molar-refractivity contribution >= 4 is 33.0 Å². The summed E-state index contributed by atoms with van der Waals surface area (Å²) < 4.78 is 51.0. The Hall–Kier alpha value is -3.18. The fourth-order valence-corrected chi connectivity index (χ4v) is 4.05. The number of nitrogens with one attached hydrogen (secondary N) is 1. The summed E-state index contributed by atoms with van der Waals surface area (Å²) in [6.45, 7) is 1.60. The van der Waals surface area contributed by atoms with Crippen molar-refractivity contribution in [2.24, 2.45) is 5.16 Å². The highest BCUT2D eigenvalue weighted by Crippen LogP contribution is 2.36. The predicted molar refractivity (Wildman–Crippen MR) is 106 cm³/mol. The molecule has 0 bridgehead atoms. The second-order valence-corrected chi connectivity index (χ2v) is 8.75. The number of carbonyl (C=O) groups is 1. The topological polar surface area (TPSA) is 118 Å². The van der Waals surface area contributed by atoms with Crippen LogP contribution in [0.15, 0.2) is 35.5 Å². The summed E-state index contributed by atoms with van der Waals surface area (Å²) in [4.78, 5) is 14.1. The maximum absolute atomic E-state index is 14.1. The van der Waals surface area contributed by atoms with Gasteiger partial charge >= 0.3 is 0 Å². The molecule has 0 fully saturated rings. The number of rotatable bonds is 5. The monoisotopic (exact) mass is 435 g/mol. The highest BCUT2D eigenvalue weighted by molar-refractivity contribution is 7.92. The molecule has 2 aliphatic heterocycles. The zero-order chi connectivity index (χ0) is 21.5. The van der Waals surface area contributed by atoms with Gasteiger partial charge in [-0.25, -0.2) is 12.8 Å². The number of oxime groups is 1. The predicted octanol–water partition coefficient (Wildman–Crippen LogP) is 2.18. The highest BCUT2D eigenvalue weighted by Gasteiger charge is 2.36. The van der Waals surface area contributed by atoms with Gasteiger partial charge in [-0.2, -0.15) is 0 Å². The van der Waals surface area contributed by atoms with Gasteiger partial charge in [0.05, 0.1) is 30.3 Å². The van der Waals surface area contributed by atoms with Crippen molar-refractivity contribution in [3.63, 3.8) is 0 Å². The van der Waals surface area contributed by atoms with Crippen molar-refractivity contribution < 1.29 is 32.3 Å². The number of benzene rings is 2. The molecule has 2 heterocycles. The Balaban J connectivity index is 1.76. The van der Waals surface area contributed by atoms with E-state index in [0.29, 0.717) is 28.1 Å². The van der Waals surface area contributed by atoms with E-state index < -0.39 is 21.7 Å². The number of halogens is 1. The molecule has 0 atom stereocenters. The Morgan fingerprint density at radius 2 is 2.10 bits per heavy atom. The summed E-state index contributed by atoms with van der Waals surface area (Å²) in [5.41, 5.74) is 1.64. The molecular formula is C19H18FN3O6S. The SMILES string of the molecule is CCS(=O)(=O)Nc1ccc2c(c1)N(Cc1cc(F)cc3c1OCOC3)C(=O)/C2=N\O. The van der Waals surface area contributed by atoms with Crippen LogP contribution in [0.4, 0.5) is 15.8 Å². The van der Waals surface area contributed by atoms with E-state index in [1.807, 2.05) is 0 Å². The molecule has 2 aromatic carbocycles. The molecule has 0 unspecified atom stereocenters. The van der Waals surface area contributed by atoms with Crippen molar-refractivity contribution in [2.45, 2.75) is 20.1 Å². The molecule has 158 valence electrons. The first kappa shape index (κ1) is 20.1. The maximum Gasteiger partial charge on any atom is 0.281 e. The highest BCUT2D eigenvalue weighted by atomic mass is 32.2. The fourth-order valence-electron chi connectivity index (χ4n) is 3.42. The fraction of sp³-hybridized carbons (Fsp3) is 0.263. The molecule has 0 aromatic heterocycles. The van der Waals surface area contributed by atoms with Crippen LogP contribution in [0.25, 0.3) is 0 Å². The zero-order valence-electron chi connectivity index (χ0n) is 15.9. The molecule has 0 saturated heterocycles. The minimum Gasteiger partial charge on any atom is -0.467 e. The lowest BCUT2D eigenvalue weighted by Gasteiger charge is -2.24. The number of hydrogen-bond donors (Lipinski definition) is 2. The summed E-state index contributed by atoms with van der Waals surface area (Å²) in [7, 11) is -3.53. The smallest absolute Gasteiger partial charge is 0.281 e. The summed E-state index contributed by atoms with van der Waals surface area (Å²) >= 11 is 0. The van der Waals surface area contributed by atoms with Crippen LogP contribution in [0.2, 0.25) is 0 Å². The Labute approximate surface area is 171 Å². The van der Waals surface area contributed by atoms with E-state index in [1.54, 1.807) is 0 Å². The van der Waals surface area contributed by atoms with Crippen molar-refractivity contribution in [1.29, 1.82) is 0 Å². The van der Waals surface area contributed by atoms with E-state index in [0.717, 1.165) is 0 Å². The lowest BCUT2D eigenvalue weighted by Crippen LogP contribution is -2.30. The molecule has 30 heavy (non-hydrogen) atoms. The maximum atomic E-state index is 14.1. The average Bonchev–Trinajstić information content (AvgIpc) is 2.98. The Morgan fingerprint density at radius 1 is 1.30 bits per heavy atom. The standard InChI is InChI=1S/C19H18FN3O6S/c1-2-30(26,27)22-14-3-4-15-16(7-14)23(19(24)17(15)21-25)8-11-5-13(20)6-12-9-28-10-29-18(11)12/h3-7,22,25H,2,8-10H2,1H3/b21-17-. The van der Waals surface area contributed by atoms with E-state index in [-0.39, 0.29) is 37.1 Å². The number of carbonyl (C=O) groups excluding carboxylic acids is 1. The molecule has 0 radical (unpaired) electrons. The van der Waals surface area contributed by atoms with Crippen LogP contribution in [0, 0.1) is 5.82 Å². The van der Waals surface area contributed by atoms with E-state index in [9.17, 15) is 22.8 Å². The van der Waals surface area contributed by atoms with Gasteiger partial charge in [-0.05, 0) is 37.3 Å². The average molecular weight is 435 g/mol. The Morgan fingerprint density at radius 3 is 2.83 bits per heavy atom. The van der Waals surface area contributed by atoms with Gasteiger partial charge < -0.3 is 19.6 Å². The third-order valence-corrected chi connectivity index (χ3v) is 6.13. The second-order valence-electron chi connectivity index (χ2n) is 6.74. The summed E-state index contributed by atoms with van der Waals surface area (Å²) in [5, 5.41) is 12.4. The lowest BCUT2D eigenvalue weighted by atomic mass is 10.1. The largest absolute Gasteiger partial charge is 0.467 e. The first-order chi connectivity index (χ1) is 14.3. The molecule has 1 amide bonds. The molecule has 0 spiro atoms. The number of fused-ring (bicyclic) bond motifs is 2. The minimum atomic E-state index is -3.53. The molecule has 2 aromatic rings. The van der Waals surface area contributed by atoms with E-state index >= 15 is 0 Å². The molecule has 11 heteroatoms. The molecule has 4 rings (SSSR count). The van der Waals surface area contributed by atoms with Gasteiger partial charge in [0.25, 0.3) is 5.91 Å². The van der Waals surface area contributed by atoms with Crippen LogP contribution in [-0.4, -0.2) is 37.8 Å². The van der Waals surface area contributed by atoms with Gasteiger partial charge in [0, 0.05) is 16.7 Å². The number of sulfonamides is 1. The van der Waals surface area contributed by atoms with Crippen molar-refractivity contribution in [3.05, 3.63) is 52.8 Å². The number of nitrogens with zero attached hydrogens (tertiary/aromatic N) is 2. The van der Waals surface area contributed by atoms with Crippen molar-refractivity contribution in [1.82, 2.24) is 0 Å². The van der Waals surface area contributed by atoms with Crippen LogP contribution in [0.3, 0.4) is 0 Å². The molecule has 0 saturated carbocycles. The van der Waals surface area contributed by atoms with Crippen LogP contribution in [-0.2, 0) is 32.7 Å². The van der Waals surface area contributed by atoms with E-state index in [4.69, 9.17) is 9.47 Å². The first-order valence-electron chi connectivity index (χ1n) is 9.03. The van der Waals surface area contributed by atoms with Gasteiger partial charge in [-0.3, -0.25) is 9.52 Å². The molecule has 2 aliphatic rings. The van der Waals surface area contributed by atoms with Crippen LogP contribution < -0.4 is 14.4 Å². The van der Waals surface area contributed by atoms with Gasteiger partial charge in [-0.1, -0.05) is 5.16 Å².